The molecule has 0 heterocycles. The Morgan fingerprint density at radius 1 is 1.08 bits per heavy atom. The van der Waals surface area contributed by atoms with Gasteiger partial charge in [0.15, 0.2) is 17.9 Å². The van der Waals surface area contributed by atoms with Crippen LogP contribution in [0.5, 0.6) is 0 Å². The number of rotatable bonds is 4. The molecule has 2 aromatic rings. The number of methoxy groups -OCH3 is 1. The Morgan fingerprint density at radius 2 is 1.72 bits per heavy atom. The molecule has 0 fully saturated rings. The van der Waals surface area contributed by atoms with Gasteiger partial charge in [0, 0.05) is 11.6 Å². The van der Waals surface area contributed by atoms with Crippen LogP contribution in [0.2, 0.25) is 0 Å². The number of anilines is 2. The highest BCUT2D eigenvalue weighted by atomic mass is 19.4. The van der Waals surface area contributed by atoms with Crippen LogP contribution in [0.15, 0.2) is 30.3 Å². The highest BCUT2D eigenvalue weighted by Crippen LogP contribution is 2.33. The van der Waals surface area contributed by atoms with E-state index in [9.17, 15) is 31.5 Å². The van der Waals surface area contributed by atoms with Gasteiger partial charge in [0.05, 0.1) is 29.6 Å². The molecule has 0 unspecified atom stereocenters. The van der Waals surface area contributed by atoms with E-state index in [2.05, 4.69) is 10.1 Å². The molecule has 0 saturated carbocycles. The zero-order valence-corrected chi connectivity index (χ0v) is 12.6. The summed E-state index contributed by atoms with van der Waals surface area (Å²) in [6.45, 7) is 0. The minimum Gasteiger partial charge on any atom is -0.465 e. The van der Waals surface area contributed by atoms with Gasteiger partial charge >= 0.3 is 12.1 Å². The molecule has 0 atom stereocenters. The maximum atomic E-state index is 13.4. The lowest BCUT2D eigenvalue weighted by Crippen LogP contribution is -2.11. The molecule has 132 valence electrons. The lowest BCUT2D eigenvalue weighted by molar-refractivity contribution is -0.137. The molecular weight excluding hydrogens is 349 g/mol. The van der Waals surface area contributed by atoms with E-state index in [4.69, 9.17) is 0 Å². The minimum absolute atomic E-state index is 0.172. The molecule has 0 aliphatic rings. The first-order valence-electron chi connectivity index (χ1n) is 6.68. The van der Waals surface area contributed by atoms with E-state index in [0.29, 0.717) is 24.3 Å². The highest BCUT2D eigenvalue weighted by molar-refractivity contribution is 5.97. The number of ether oxygens (including phenoxy) is 1. The maximum Gasteiger partial charge on any atom is 0.416 e. The number of halogens is 5. The molecule has 0 bridgehead atoms. The van der Waals surface area contributed by atoms with Gasteiger partial charge in [0.1, 0.15) is 0 Å². The van der Waals surface area contributed by atoms with Crippen molar-refractivity contribution in [1.29, 1.82) is 0 Å². The molecule has 0 aliphatic heterocycles. The van der Waals surface area contributed by atoms with Crippen LogP contribution in [0.25, 0.3) is 0 Å². The minimum atomic E-state index is -4.70. The predicted molar refractivity (Wildman–Crippen MR) is 77.8 cm³/mol. The summed E-state index contributed by atoms with van der Waals surface area (Å²) in [5.41, 5.74) is -2.26. The summed E-state index contributed by atoms with van der Waals surface area (Å²) in [5, 5.41) is 2.45. The number of esters is 1. The molecule has 2 aromatic carbocycles. The topological polar surface area (TPSA) is 55.4 Å². The summed E-state index contributed by atoms with van der Waals surface area (Å²) in [6.07, 6.45) is -4.47. The molecule has 0 saturated heterocycles. The maximum absolute atomic E-state index is 13.4. The summed E-state index contributed by atoms with van der Waals surface area (Å²) < 4.78 is 69.4. The molecule has 1 N–H and O–H groups in total. The average Bonchev–Trinajstić information content (AvgIpc) is 2.56. The van der Waals surface area contributed by atoms with Crippen molar-refractivity contribution in [3.8, 4) is 0 Å². The highest BCUT2D eigenvalue weighted by Gasteiger charge is 2.32. The van der Waals surface area contributed by atoms with E-state index in [1.807, 2.05) is 0 Å². The van der Waals surface area contributed by atoms with Gasteiger partial charge in [0.2, 0.25) is 0 Å². The standard InChI is InChI=1S/C16H10F5NO3/c1-25-15(24)10-5-9(16(19,20)21)2-3-13(10)22-14-6-12(18)11(17)4-8(14)7-23/h2-7,22H,1H3. The van der Waals surface area contributed by atoms with Gasteiger partial charge in [-0.25, -0.2) is 13.6 Å². The molecule has 9 heteroatoms. The summed E-state index contributed by atoms with van der Waals surface area (Å²) in [6, 6.07) is 3.43. The third kappa shape index (κ3) is 3.93. The van der Waals surface area contributed by atoms with Gasteiger partial charge in [-0.05, 0) is 24.3 Å². The fourth-order valence-corrected chi connectivity index (χ4v) is 2.02. The zero-order chi connectivity index (χ0) is 18.8. The van der Waals surface area contributed by atoms with Crippen LogP contribution in [0.4, 0.5) is 33.3 Å². The Morgan fingerprint density at radius 3 is 2.28 bits per heavy atom. The summed E-state index contributed by atoms with van der Waals surface area (Å²) >= 11 is 0. The van der Waals surface area contributed by atoms with Crippen molar-refractivity contribution in [3.63, 3.8) is 0 Å². The van der Waals surface area contributed by atoms with E-state index in [-0.39, 0.29) is 23.2 Å². The molecule has 0 aliphatic carbocycles. The van der Waals surface area contributed by atoms with E-state index < -0.39 is 34.9 Å². The summed E-state index contributed by atoms with van der Waals surface area (Å²) in [4.78, 5) is 22.7. The third-order valence-electron chi connectivity index (χ3n) is 3.24. The number of benzene rings is 2. The van der Waals surface area contributed by atoms with Crippen LogP contribution in [-0.4, -0.2) is 19.4 Å². The van der Waals surface area contributed by atoms with Gasteiger partial charge in [-0.2, -0.15) is 13.2 Å². The molecule has 25 heavy (non-hydrogen) atoms. The summed E-state index contributed by atoms with van der Waals surface area (Å²) in [7, 11) is 0.973. The van der Waals surface area contributed by atoms with Crippen LogP contribution < -0.4 is 5.32 Å². The SMILES string of the molecule is COC(=O)c1cc(C(F)(F)F)ccc1Nc1cc(F)c(F)cc1C=O. The average molecular weight is 359 g/mol. The second-order valence-electron chi connectivity index (χ2n) is 4.85. The van der Waals surface area contributed by atoms with Crippen LogP contribution in [-0.2, 0) is 10.9 Å². The van der Waals surface area contributed by atoms with Crippen LogP contribution >= 0.6 is 0 Å². The van der Waals surface area contributed by atoms with E-state index in [0.717, 1.165) is 13.2 Å². The Kier molecular flexibility index (Phi) is 5.05. The third-order valence-corrected chi connectivity index (χ3v) is 3.24. The molecule has 0 aromatic heterocycles. The normalized spacial score (nSPS) is 11.1. The lowest BCUT2D eigenvalue weighted by Gasteiger charge is -2.15. The van der Waals surface area contributed by atoms with Crippen molar-refractivity contribution < 1.29 is 36.3 Å². The number of hydrogen-bond acceptors (Lipinski definition) is 4. The smallest absolute Gasteiger partial charge is 0.416 e. The van der Waals surface area contributed by atoms with Gasteiger partial charge < -0.3 is 10.1 Å². The quantitative estimate of drug-likeness (QED) is 0.502. The van der Waals surface area contributed by atoms with Crippen molar-refractivity contribution in [2.24, 2.45) is 0 Å². The van der Waals surface area contributed by atoms with E-state index in [1.165, 1.54) is 0 Å². The Hall–Kier alpha value is -2.97. The predicted octanol–water partition coefficient (Wildman–Crippen LogP) is 4.33. The first-order valence-corrected chi connectivity index (χ1v) is 6.68. The van der Waals surface area contributed by atoms with E-state index in [1.54, 1.807) is 0 Å². The van der Waals surface area contributed by atoms with Crippen molar-refractivity contribution in [2.75, 3.05) is 12.4 Å². The second kappa shape index (κ2) is 6.88. The Balaban J connectivity index is 2.55. The number of carbonyl (C=O) groups is 2. The van der Waals surface area contributed by atoms with Crippen LogP contribution in [0.3, 0.4) is 0 Å². The van der Waals surface area contributed by atoms with Crippen molar-refractivity contribution in [3.05, 3.63) is 58.7 Å². The van der Waals surface area contributed by atoms with Crippen LogP contribution in [0.1, 0.15) is 26.3 Å². The largest absolute Gasteiger partial charge is 0.465 e. The lowest BCUT2D eigenvalue weighted by atomic mass is 10.1. The summed E-state index contributed by atoms with van der Waals surface area (Å²) in [5.74, 6) is -3.63. The number of carbonyl (C=O) groups excluding carboxylic acids is 2. The van der Waals surface area contributed by atoms with Crippen molar-refractivity contribution >= 4 is 23.6 Å². The molecule has 0 radical (unpaired) electrons. The molecule has 4 nitrogen and oxygen atoms in total. The van der Waals surface area contributed by atoms with Crippen molar-refractivity contribution in [1.82, 2.24) is 0 Å². The molecule has 0 spiro atoms. The molecular formula is C16H10F5NO3. The number of aldehydes is 1. The van der Waals surface area contributed by atoms with E-state index >= 15 is 0 Å². The number of nitrogens with one attached hydrogen (secondary N) is 1. The van der Waals surface area contributed by atoms with Gasteiger partial charge in [-0.15, -0.1) is 0 Å². The second-order valence-corrected chi connectivity index (χ2v) is 4.85. The van der Waals surface area contributed by atoms with Gasteiger partial charge in [-0.3, -0.25) is 4.79 Å². The molecule has 2 rings (SSSR count). The fourth-order valence-electron chi connectivity index (χ4n) is 2.02. The Bertz CT molecular complexity index is 833. The van der Waals surface area contributed by atoms with Gasteiger partial charge in [-0.1, -0.05) is 0 Å². The zero-order valence-electron chi connectivity index (χ0n) is 12.6. The van der Waals surface area contributed by atoms with Crippen molar-refractivity contribution in [2.45, 2.75) is 6.18 Å². The fraction of sp³-hybridized carbons (Fsp3) is 0.125. The first kappa shape index (κ1) is 18.4. The monoisotopic (exact) mass is 359 g/mol. The van der Waals surface area contributed by atoms with Crippen LogP contribution in [0, 0.1) is 11.6 Å². The Labute approximate surface area is 138 Å². The number of alkyl halides is 3. The number of hydrogen-bond donors (Lipinski definition) is 1. The first-order chi connectivity index (χ1) is 11.7. The van der Waals surface area contributed by atoms with Gasteiger partial charge in [0.25, 0.3) is 0 Å². The molecule has 0 amide bonds.